The van der Waals surface area contributed by atoms with Crippen molar-refractivity contribution in [2.75, 3.05) is 39.9 Å². The summed E-state index contributed by atoms with van der Waals surface area (Å²) in [4.78, 5) is 2.35. The Morgan fingerprint density at radius 1 is 1.33 bits per heavy atom. The molecule has 2 N–H and O–H groups in total. The van der Waals surface area contributed by atoms with Crippen molar-refractivity contribution >= 4 is 0 Å². The summed E-state index contributed by atoms with van der Waals surface area (Å²) in [6, 6.07) is 0. The Kier molecular flexibility index (Phi) is 5.58. The zero-order valence-corrected chi connectivity index (χ0v) is 10.3. The minimum Gasteiger partial charge on any atom is -0.380 e. The van der Waals surface area contributed by atoms with Gasteiger partial charge in [-0.2, -0.15) is 0 Å². The van der Waals surface area contributed by atoms with Crippen LogP contribution in [0.4, 0.5) is 0 Å². The van der Waals surface area contributed by atoms with Gasteiger partial charge in [0.25, 0.3) is 0 Å². The van der Waals surface area contributed by atoms with Crippen molar-refractivity contribution < 1.29 is 4.74 Å². The van der Waals surface area contributed by atoms with Crippen LogP contribution in [0.15, 0.2) is 0 Å². The van der Waals surface area contributed by atoms with Crippen LogP contribution < -0.4 is 5.73 Å². The van der Waals surface area contributed by atoms with Crippen LogP contribution in [0.2, 0.25) is 0 Å². The number of rotatable bonds is 8. The Labute approximate surface area is 94.0 Å². The molecule has 1 aliphatic rings. The number of nitrogens with zero attached hydrogens (tertiary/aromatic N) is 1. The molecule has 0 bridgehead atoms. The molecule has 3 nitrogen and oxygen atoms in total. The second kappa shape index (κ2) is 6.46. The first-order chi connectivity index (χ1) is 7.22. The van der Waals surface area contributed by atoms with E-state index in [9.17, 15) is 0 Å². The lowest BCUT2D eigenvalue weighted by Crippen LogP contribution is -2.40. The van der Waals surface area contributed by atoms with E-state index in [2.05, 4.69) is 11.9 Å². The molecule has 0 aliphatic heterocycles. The maximum absolute atomic E-state index is 5.83. The number of hydrogen-bond donors (Lipinski definition) is 1. The fourth-order valence-corrected chi connectivity index (χ4v) is 2.14. The number of ether oxygens (including phenoxy) is 1. The van der Waals surface area contributed by atoms with Crippen LogP contribution in [0, 0.1) is 5.41 Å². The quantitative estimate of drug-likeness (QED) is 0.622. The zero-order chi connectivity index (χ0) is 11.1. The van der Waals surface area contributed by atoms with E-state index in [0.29, 0.717) is 5.41 Å². The highest BCUT2D eigenvalue weighted by Crippen LogP contribution is 2.42. The minimum atomic E-state index is 0.486. The van der Waals surface area contributed by atoms with E-state index in [4.69, 9.17) is 10.5 Å². The molecule has 0 saturated heterocycles. The molecule has 3 heteroatoms. The SMILES string of the molecule is CCOCCN(C)CCC1(CN)CCC1. The zero-order valence-electron chi connectivity index (χ0n) is 10.3. The van der Waals surface area contributed by atoms with E-state index in [1.54, 1.807) is 0 Å². The summed E-state index contributed by atoms with van der Waals surface area (Å²) < 4.78 is 5.34. The van der Waals surface area contributed by atoms with Crippen molar-refractivity contribution in [1.82, 2.24) is 4.90 Å². The summed E-state index contributed by atoms with van der Waals surface area (Å²) >= 11 is 0. The van der Waals surface area contributed by atoms with Gasteiger partial charge in [0.15, 0.2) is 0 Å². The third kappa shape index (κ3) is 4.09. The van der Waals surface area contributed by atoms with Crippen LogP contribution in [-0.4, -0.2) is 44.8 Å². The first kappa shape index (κ1) is 12.9. The molecule has 15 heavy (non-hydrogen) atoms. The maximum atomic E-state index is 5.83. The van der Waals surface area contributed by atoms with Crippen LogP contribution in [-0.2, 0) is 4.74 Å². The highest BCUT2D eigenvalue weighted by molar-refractivity contribution is 4.88. The van der Waals surface area contributed by atoms with E-state index in [0.717, 1.165) is 32.8 Å². The van der Waals surface area contributed by atoms with Gasteiger partial charge in [-0.25, -0.2) is 0 Å². The smallest absolute Gasteiger partial charge is 0.0593 e. The van der Waals surface area contributed by atoms with Crippen molar-refractivity contribution in [3.63, 3.8) is 0 Å². The van der Waals surface area contributed by atoms with Gasteiger partial charge in [0.1, 0.15) is 0 Å². The summed E-state index contributed by atoms with van der Waals surface area (Å²) in [5, 5.41) is 0. The van der Waals surface area contributed by atoms with Crippen molar-refractivity contribution in [1.29, 1.82) is 0 Å². The average molecular weight is 214 g/mol. The van der Waals surface area contributed by atoms with Crippen LogP contribution in [0.3, 0.4) is 0 Å². The van der Waals surface area contributed by atoms with Gasteiger partial charge in [-0.15, -0.1) is 0 Å². The van der Waals surface area contributed by atoms with E-state index >= 15 is 0 Å². The summed E-state index contributed by atoms with van der Waals surface area (Å²) in [5.41, 5.74) is 6.32. The summed E-state index contributed by atoms with van der Waals surface area (Å²) in [5.74, 6) is 0. The lowest BCUT2D eigenvalue weighted by Gasteiger charge is -2.42. The van der Waals surface area contributed by atoms with Gasteiger partial charge >= 0.3 is 0 Å². The van der Waals surface area contributed by atoms with Crippen molar-refractivity contribution in [3.8, 4) is 0 Å². The second-order valence-electron chi connectivity index (χ2n) is 4.81. The fraction of sp³-hybridized carbons (Fsp3) is 1.00. The summed E-state index contributed by atoms with van der Waals surface area (Å²) in [6.45, 7) is 6.77. The molecule has 0 heterocycles. The van der Waals surface area contributed by atoms with Gasteiger partial charge in [0.05, 0.1) is 6.61 Å². The predicted molar refractivity (Wildman–Crippen MR) is 63.9 cm³/mol. The third-order valence-corrected chi connectivity index (χ3v) is 3.69. The van der Waals surface area contributed by atoms with Crippen LogP contribution in [0.5, 0.6) is 0 Å². The predicted octanol–water partition coefficient (Wildman–Crippen LogP) is 1.47. The standard InChI is InChI=1S/C12H26N2O/c1-3-15-10-9-14(2)8-7-12(11-13)5-4-6-12/h3-11,13H2,1-2H3. The Bertz CT molecular complexity index is 163. The van der Waals surface area contributed by atoms with Gasteiger partial charge in [-0.1, -0.05) is 6.42 Å². The molecule has 0 unspecified atom stereocenters. The van der Waals surface area contributed by atoms with E-state index < -0.39 is 0 Å². The van der Waals surface area contributed by atoms with Crippen molar-refractivity contribution in [3.05, 3.63) is 0 Å². The highest BCUT2D eigenvalue weighted by Gasteiger charge is 2.34. The van der Waals surface area contributed by atoms with E-state index in [-0.39, 0.29) is 0 Å². The average Bonchev–Trinajstić information content (AvgIpc) is 2.17. The molecular weight excluding hydrogens is 188 g/mol. The van der Waals surface area contributed by atoms with Gasteiger partial charge in [-0.05, 0) is 51.7 Å². The second-order valence-corrected chi connectivity index (χ2v) is 4.81. The molecule has 0 atom stereocenters. The molecule has 0 aromatic rings. The van der Waals surface area contributed by atoms with Crippen molar-refractivity contribution in [2.24, 2.45) is 11.1 Å². The molecule has 0 aromatic heterocycles. The van der Waals surface area contributed by atoms with Gasteiger partial charge in [0, 0.05) is 13.2 Å². The lowest BCUT2D eigenvalue weighted by molar-refractivity contribution is 0.0914. The number of hydrogen-bond acceptors (Lipinski definition) is 3. The van der Waals surface area contributed by atoms with Crippen LogP contribution >= 0.6 is 0 Å². The number of likely N-dealkylation sites (N-methyl/N-ethyl adjacent to an activating group) is 1. The molecule has 1 aliphatic carbocycles. The first-order valence-electron chi connectivity index (χ1n) is 6.19. The minimum absolute atomic E-state index is 0.486. The maximum Gasteiger partial charge on any atom is 0.0593 e. The molecule has 1 rings (SSSR count). The molecular formula is C12H26N2O. The third-order valence-electron chi connectivity index (χ3n) is 3.69. The Morgan fingerprint density at radius 2 is 2.07 bits per heavy atom. The number of nitrogens with two attached hydrogens (primary N) is 1. The molecule has 90 valence electrons. The Hall–Kier alpha value is -0.120. The topological polar surface area (TPSA) is 38.5 Å². The lowest BCUT2D eigenvalue weighted by atomic mass is 9.67. The monoisotopic (exact) mass is 214 g/mol. The van der Waals surface area contributed by atoms with Crippen LogP contribution in [0.1, 0.15) is 32.6 Å². The van der Waals surface area contributed by atoms with Gasteiger partial charge < -0.3 is 15.4 Å². The van der Waals surface area contributed by atoms with Gasteiger partial charge in [0.2, 0.25) is 0 Å². The first-order valence-corrected chi connectivity index (χ1v) is 6.19. The Balaban J connectivity index is 2.07. The molecule has 0 spiro atoms. The summed E-state index contributed by atoms with van der Waals surface area (Å²) in [6.07, 6.45) is 5.30. The molecule has 0 aromatic carbocycles. The van der Waals surface area contributed by atoms with E-state index in [1.807, 2.05) is 6.92 Å². The summed E-state index contributed by atoms with van der Waals surface area (Å²) in [7, 11) is 2.17. The normalized spacial score (nSPS) is 19.2. The highest BCUT2D eigenvalue weighted by atomic mass is 16.5. The largest absolute Gasteiger partial charge is 0.380 e. The Morgan fingerprint density at radius 3 is 2.53 bits per heavy atom. The molecule has 1 fully saturated rings. The van der Waals surface area contributed by atoms with E-state index in [1.165, 1.54) is 25.7 Å². The van der Waals surface area contributed by atoms with Crippen molar-refractivity contribution in [2.45, 2.75) is 32.6 Å². The molecule has 0 amide bonds. The van der Waals surface area contributed by atoms with Gasteiger partial charge in [-0.3, -0.25) is 0 Å². The molecule has 0 radical (unpaired) electrons. The van der Waals surface area contributed by atoms with Crippen LogP contribution in [0.25, 0.3) is 0 Å². The molecule has 1 saturated carbocycles. The fourth-order valence-electron chi connectivity index (χ4n) is 2.14.